The minimum atomic E-state index is -0.377. The Labute approximate surface area is 131 Å². The zero-order chi connectivity index (χ0) is 15.5. The first kappa shape index (κ1) is 16.1. The Bertz CT molecular complexity index is 511. The fourth-order valence-electron chi connectivity index (χ4n) is 3.53. The van der Waals surface area contributed by atoms with Crippen LogP contribution in [0, 0.1) is 21.4 Å². The van der Waals surface area contributed by atoms with Crippen molar-refractivity contribution in [3.05, 3.63) is 33.3 Å². The number of rotatable bonds is 6. The standard InChI is InChI=1S/C16H23ClN2O2/c1-12(2)10-16(7-3-4-8-16)11-18-14-6-5-13(17)9-15(14)19(20)21/h5-6,9,12,18H,3-4,7-8,10-11H2,1-2H3. The van der Waals surface area contributed by atoms with E-state index in [0.717, 1.165) is 6.54 Å². The fourth-order valence-corrected chi connectivity index (χ4v) is 3.70. The van der Waals surface area contributed by atoms with Crippen molar-refractivity contribution in [1.82, 2.24) is 0 Å². The number of nitrogens with one attached hydrogen (secondary N) is 1. The molecule has 1 aromatic carbocycles. The number of nitrogens with zero attached hydrogens (tertiary/aromatic N) is 1. The predicted octanol–water partition coefficient (Wildman–Crippen LogP) is 5.27. The molecule has 1 saturated carbocycles. The molecular weight excluding hydrogens is 288 g/mol. The van der Waals surface area contributed by atoms with E-state index in [4.69, 9.17) is 11.6 Å². The van der Waals surface area contributed by atoms with Gasteiger partial charge in [-0.3, -0.25) is 10.1 Å². The van der Waals surface area contributed by atoms with Gasteiger partial charge < -0.3 is 5.32 Å². The number of halogens is 1. The normalized spacial score (nSPS) is 17.1. The van der Waals surface area contributed by atoms with Crippen molar-refractivity contribution in [2.24, 2.45) is 11.3 Å². The first-order valence-corrected chi connectivity index (χ1v) is 7.97. The van der Waals surface area contributed by atoms with Gasteiger partial charge >= 0.3 is 0 Å². The quantitative estimate of drug-likeness (QED) is 0.575. The second-order valence-electron chi connectivity index (χ2n) is 6.58. The molecule has 4 nitrogen and oxygen atoms in total. The Morgan fingerprint density at radius 1 is 1.38 bits per heavy atom. The second kappa shape index (κ2) is 6.65. The van der Waals surface area contributed by atoms with E-state index in [1.165, 1.54) is 38.2 Å². The van der Waals surface area contributed by atoms with E-state index in [0.29, 0.717) is 16.6 Å². The molecule has 1 aliphatic rings. The van der Waals surface area contributed by atoms with Crippen LogP contribution >= 0.6 is 11.6 Å². The van der Waals surface area contributed by atoms with Crippen LogP contribution in [0.1, 0.15) is 46.0 Å². The molecule has 0 spiro atoms. The molecule has 0 unspecified atom stereocenters. The molecule has 0 amide bonds. The van der Waals surface area contributed by atoms with E-state index in [9.17, 15) is 10.1 Å². The Morgan fingerprint density at radius 3 is 2.62 bits per heavy atom. The first-order valence-electron chi connectivity index (χ1n) is 7.60. The number of nitro benzene ring substituents is 1. The highest BCUT2D eigenvalue weighted by molar-refractivity contribution is 6.30. The van der Waals surface area contributed by atoms with Crippen LogP contribution in [-0.4, -0.2) is 11.5 Å². The van der Waals surface area contributed by atoms with Crippen molar-refractivity contribution in [2.45, 2.75) is 46.0 Å². The largest absolute Gasteiger partial charge is 0.379 e. The molecule has 0 aromatic heterocycles. The summed E-state index contributed by atoms with van der Waals surface area (Å²) in [6.45, 7) is 5.28. The number of nitro groups is 1. The summed E-state index contributed by atoms with van der Waals surface area (Å²) < 4.78 is 0. The van der Waals surface area contributed by atoms with Gasteiger partial charge in [0, 0.05) is 17.6 Å². The zero-order valence-electron chi connectivity index (χ0n) is 12.7. The summed E-state index contributed by atoms with van der Waals surface area (Å²) in [6, 6.07) is 4.81. The molecule has 1 aromatic rings. The van der Waals surface area contributed by atoms with Crippen LogP contribution in [0.15, 0.2) is 18.2 Å². The van der Waals surface area contributed by atoms with Crippen molar-refractivity contribution >= 4 is 23.0 Å². The summed E-state index contributed by atoms with van der Waals surface area (Å²) in [5.74, 6) is 0.644. The van der Waals surface area contributed by atoms with Crippen molar-refractivity contribution in [1.29, 1.82) is 0 Å². The number of anilines is 1. The van der Waals surface area contributed by atoms with E-state index in [2.05, 4.69) is 19.2 Å². The molecule has 1 aliphatic carbocycles. The number of hydrogen-bond donors (Lipinski definition) is 1. The molecule has 5 heteroatoms. The van der Waals surface area contributed by atoms with Gasteiger partial charge in [0.15, 0.2) is 0 Å². The second-order valence-corrected chi connectivity index (χ2v) is 7.01. The molecule has 0 radical (unpaired) electrons. The van der Waals surface area contributed by atoms with Gasteiger partial charge in [-0.2, -0.15) is 0 Å². The third-order valence-corrected chi connectivity index (χ3v) is 4.55. The van der Waals surface area contributed by atoms with Gasteiger partial charge in [-0.1, -0.05) is 38.3 Å². The van der Waals surface area contributed by atoms with Crippen LogP contribution in [0.4, 0.5) is 11.4 Å². The molecule has 0 heterocycles. The monoisotopic (exact) mass is 310 g/mol. The summed E-state index contributed by atoms with van der Waals surface area (Å²) in [5.41, 5.74) is 0.904. The van der Waals surface area contributed by atoms with Crippen LogP contribution in [0.2, 0.25) is 5.02 Å². The lowest BCUT2D eigenvalue weighted by Crippen LogP contribution is -2.28. The third-order valence-electron chi connectivity index (χ3n) is 4.32. The maximum atomic E-state index is 11.1. The minimum Gasteiger partial charge on any atom is -0.379 e. The van der Waals surface area contributed by atoms with Gasteiger partial charge in [-0.15, -0.1) is 0 Å². The Morgan fingerprint density at radius 2 is 2.05 bits per heavy atom. The van der Waals surface area contributed by atoms with Crippen molar-refractivity contribution in [3.8, 4) is 0 Å². The highest BCUT2D eigenvalue weighted by Crippen LogP contribution is 2.43. The van der Waals surface area contributed by atoms with E-state index in [-0.39, 0.29) is 16.0 Å². The predicted molar refractivity (Wildman–Crippen MR) is 87.0 cm³/mol. The van der Waals surface area contributed by atoms with Crippen LogP contribution in [0.5, 0.6) is 0 Å². The van der Waals surface area contributed by atoms with Gasteiger partial charge in [-0.05, 0) is 42.7 Å². The SMILES string of the molecule is CC(C)CC1(CNc2ccc(Cl)cc2[N+](=O)[O-])CCCC1. The maximum Gasteiger partial charge on any atom is 0.293 e. The van der Waals surface area contributed by atoms with E-state index < -0.39 is 0 Å². The molecule has 1 fully saturated rings. The van der Waals surface area contributed by atoms with Crippen molar-refractivity contribution in [2.75, 3.05) is 11.9 Å². The van der Waals surface area contributed by atoms with E-state index in [1.807, 2.05) is 0 Å². The van der Waals surface area contributed by atoms with Gasteiger partial charge in [0.2, 0.25) is 0 Å². The summed E-state index contributed by atoms with van der Waals surface area (Å²) in [4.78, 5) is 10.8. The van der Waals surface area contributed by atoms with Crippen molar-refractivity contribution < 1.29 is 4.92 Å². The average molecular weight is 311 g/mol. The van der Waals surface area contributed by atoms with Crippen molar-refractivity contribution in [3.63, 3.8) is 0 Å². The van der Waals surface area contributed by atoms with Gasteiger partial charge in [0.05, 0.1) is 4.92 Å². The first-order chi connectivity index (χ1) is 9.92. The summed E-state index contributed by atoms with van der Waals surface area (Å²) in [6.07, 6.45) is 6.11. The fraction of sp³-hybridized carbons (Fsp3) is 0.625. The number of benzene rings is 1. The average Bonchev–Trinajstić information content (AvgIpc) is 2.85. The molecule has 1 N–H and O–H groups in total. The Balaban J connectivity index is 2.12. The van der Waals surface area contributed by atoms with Crippen LogP contribution in [0.25, 0.3) is 0 Å². The molecule has 0 saturated heterocycles. The summed E-state index contributed by atoms with van der Waals surface area (Å²) in [5, 5.41) is 14.8. The Hall–Kier alpha value is -1.29. The molecule has 0 aliphatic heterocycles. The smallest absolute Gasteiger partial charge is 0.293 e. The maximum absolute atomic E-state index is 11.1. The molecule has 21 heavy (non-hydrogen) atoms. The number of hydrogen-bond acceptors (Lipinski definition) is 3. The Kier molecular flexibility index (Phi) is 5.09. The molecular formula is C16H23ClN2O2. The van der Waals surface area contributed by atoms with Gasteiger partial charge in [0.1, 0.15) is 5.69 Å². The van der Waals surface area contributed by atoms with E-state index >= 15 is 0 Å². The highest BCUT2D eigenvalue weighted by atomic mass is 35.5. The van der Waals surface area contributed by atoms with E-state index in [1.54, 1.807) is 12.1 Å². The highest BCUT2D eigenvalue weighted by Gasteiger charge is 2.34. The molecule has 2 rings (SSSR count). The lowest BCUT2D eigenvalue weighted by Gasteiger charge is -2.31. The lowest BCUT2D eigenvalue weighted by atomic mass is 9.78. The van der Waals surface area contributed by atoms with Gasteiger partial charge in [-0.25, -0.2) is 0 Å². The summed E-state index contributed by atoms with van der Waals surface area (Å²) >= 11 is 5.85. The topological polar surface area (TPSA) is 55.2 Å². The molecule has 0 bridgehead atoms. The van der Waals surface area contributed by atoms with Gasteiger partial charge in [0.25, 0.3) is 5.69 Å². The van der Waals surface area contributed by atoms with Crippen LogP contribution in [0.3, 0.4) is 0 Å². The lowest BCUT2D eigenvalue weighted by molar-refractivity contribution is -0.383. The molecule has 116 valence electrons. The van der Waals surface area contributed by atoms with Crippen LogP contribution < -0.4 is 5.32 Å². The zero-order valence-corrected chi connectivity index (χ0v) is 13.4. The summed E-state index contributed by atoms with van der Waals surface area (Å²) in [7, 11) is 0. The molecule has 0 atom stereocenters. The third kappa shape index (κ3) is 4.10. The van der Waals surface area contributed by atoms with Crippen LogP contribution in [-0.2, 0) is 0 Å². The minimum absolute atomic E-state index is 0.0557.